The summed E-state index contributed by atoms with van der Waals surface area (Å²) in [5, 5.41) is 5.34. The van der Waals surface area contributed by atoms with Crippen LogP contribution in [0.5, 0.6) is 0 Å². The van der Waals surface area contributed by atoms with Crippen molar-refractivity contribution in [2.75, 3.05) is 18.4 Å². The molecule has 4 nitrogen and oxygen atoms in total. The number of carbonyl (C=O) groups is 1. The van der Waals surface area contributed by atoms with Gasteiger partial charge >= 0.3 is 0 Å². The van der Waals surface area contributed by atoms with Crippen LogP contribution in [-0.4, -0.2) is 28.9 Å². The summed E-state index contributed by atoms with van der Waals surface area (Å²) >= 11 is 0. The Hall–Kier alpha value is -4.28. The average Bonchev–Trinajstić information content (AvgIpc) is 2.98. The van der Waals surface area contributed by atoms with Gasteiger partial charge in [-0.1, -0.05) is 77.9 Å². The molecule has 1 aliphatic rings. The number of benzene rings is 4. The highest BCUT2D eigenvalue weighted by Gasteiger charge is 2.20. The van der Waals surface area contributed by atoms with E-state index >= 15 is 0 Å². The lowest BCUT2D eigenvalue weighted by Crippen LogP contribution is -2.32. The topological polar surface area (TPSA) is 45.2 Å². The van der Waals surface area contributed by atoms with Gasteiger partial charge in [-0.2, -0.15) is 0 Å². The summed E-state index contributed by atoms with van der Waals surface area (Å²) in [6.45, 7) is 7.44. The van der Waals surface area contributed by atoms with Crippen molar-refractivity contribution in [2.45, 2.75) is 39.2 Å². The number of hydrogen-bond acceptors (Lipinski definition) is 3. The number of rotatable bonds is 6. The van der Waals surface area contributed by atoms with Crippen molar-refractivity contribution < 1.29 is 4.79 Å². The van der Waals surface area contributed by atoms with E-state index in [4.69, 9.17) is 0 Å². The lowest BCUT2D eigenvalue weighted by atomic mass is 9.89. The van der Waals surface area contributed by atoms with Crippen LogP contribution in [0.3, 0.4) is 0 Å². The SMILES string of the molecule is Cc1ccc(-c2ccc(C(=O)Nc3ccc4cc(CN5CCC(c6ccc(C)cc6)CC5)ccc4c3)cn2)cc1. The normalized spacial score (nSPS) is 14.3. The summed E-state index contributed by atoms with van der Waals surface area (Å²) in [5.41, 5.74) is 8.57. The number of nitrogens with zero attached hydrogens (tertiary/aromatic N) is 2. The van der Waals surface area contributed by atoms with Gasteiger partial charge in [-0.05, 0) is 97.9 Å². The molecule has 0 saturated carbocycles. The first-order valence-electron chi connectivity index (χ1n) is 14.2. The van der Waals surface area contributed by atoms with Crippen LogP contribution in [0.4, 0.5) is 5.69 Å². The molecule has 1 amide bonds. The molecule has 1 N–H and O–H groups in total. The summed E-state index contributed by atoms with van der Waals surface area (Å²) in [5.74, 6) is 0.511. The summed E-state index contributed by atoms with van der Waals surface area (Å²) in [6.07, 6.45) is 4.06. The minimum atomic E-state index is -0.159. The lowest BCUT2D eigenvalue weighted by Gasteiger charge is -2.32. The van der Waals surface area contributed by atoms with Gasteiger partial charge in [-0.3, -0.25) is 14.7 Å². The Kier molecular flexibility index (Phi) is 7.43. The Labute approximate surface area is 236 Å². The first kappa shape index (κ1) is 26.0. The van der Waals surface area contributed by atoms with Gasteiger partial charge in [0.25, 0.3) is 5.91 Å². The first-order chi connectivity index (χ1) is 19.5. The van der Waals surface area contributed by atoms with E-state index in [1.165, 1.54) is 40.5 Å². The second-order valence-electron chi connectivity index (χ2n) is 11.1. The van der Waals surface area contributed by atoms with Crippen molar-refractivity contribution in [2.24, 2.45) is 0 Å². The van der Waals surface area contributed by atoms with Crippen molar-refractivity contribution in [1.82, 2.24) is 9.88 Å². The zero-order chi connectivity index (χ0) is 27.5. The molecule has 1 saturated heterocycles. The number of aryl methyl sites for hydroxylation is 2. The number of fused-ring (bicyclic) bond motifs is 1. The Bertz CT molecular complexity index is 1610. The molecule has 4 aromatic carbocycles. The van der Waals surface area contributed by atoms with Crippen molar-refractivity contribution in [3.8, 4) is 11.3 Å². The maximum absolute atomic E-state index is 12.9. The van der Waals surface area contributed by atoms with Crippen molar-refractivity contribution >= 4 is 22.4 Å². The predicted molar refractivity (Wildman–Crippen MR) is 165 cm³/mol. The molecule has 2 heterocycles. The molecule has 0 aliphatic carbocycles. The maximum atomic E-state index is 12.9. The van der Waals surface area contributed by atoms with E-state index in [1.807, 2.05) is 36.4 Å². The quantitative estimate of drug-likeness (QED) is 0.243. The molecule has 1 aliphatic heterocycles. The van der Waals surface area contributed by atoms with E-state index in [9.17, 15) is 4.79 Å². The number of piperidine rings is 1. The van der Waals surface area contributed by atoms with Gasteiger partial charge in [0.05, 0.1) is 11.3 Å². The highest BCUT2D eigenvalue weighted by molar-refractivity contribution is 6.05. The van der Waals surface area contributed by atoms with Crippen molar-refractivity contribution in [3.05, 3.63) is 131 Å². The zero-order valence-corrected chi connectivity index (χ0v) is 23.2. The smallest absolute Gasteiger partial charge is 0.257 e. The number of hydrogen-bond donors (Lipinski definition) is 1. The van der Waals surface area contributed by atoms with Crippen molar-refractivity contribution in [1.29, 1.82) is 0 Å². The van der Waals surface area contributed by atoms with Crippen LogP contribution in [-0.2, 0) is 6.54 Å². The average molecular weight is 526 g/mol. The number of aromatic nitrogens is 1. The lowest BCUT2D eigenvalue weighted by molar-refractivity contribution is 0.102. The molecule has 0 atom stereocenters. The third-order valence-electron chi connectivity index (χ3n) is 8.08. The summed E-state index contributed by atoms with van der Waals surface area (Å²) in [7, 11) is 0. The van der Waals surface area contributed by atoms with Crippen molar-refractivity contribution in [3.63, 3.8) is 0 Å². The fourth-order valence-corrected chi connectivity index (χ4v) is 5.62. The van der Waals surface area contributed by atoms with Crippen LogP contribution in [0.2, 0.25) is 0 Å². The Morgan fingerprint density at radius 1 is 0.800 bits per heavy atom. The first-order valence-corrected chi connectivity index (χ1v) is 14.2. The molecule has 1 fully saturated rings. The number of nitrogens with one attached hydrogen (secondary N) is 1. The predicted octanol–water partition coefficient (Wildman–Crippen LogP) is 8.15. The number of amides is 1. The van der Waals surface area contributed by atoms with Gasteiger partial charge in [0.15, 0.2) is 0 Å². The van der Waals surface area contributed by atoms with E-state index in [1.54, 1.807) is 6.20 Å². The maximum Gasteiger partial charge on any atom is 0.257 e. The van der Waals surface area contributed by atoms with Crippen LogP contribution in [0.1, 0.15) is 51.4 Å². The van der Waals surface area contributed by atoms with Gasteiger partial charge in [-0.15, -0.1) is 0 Å². The highest BCUT2D eigenvalue weighted by Crippen LogP contribution is 2.29. The molecule has 0 unspecified atom stereocenters. The van der Waals surface area contributed by atoms with Crippen LogP contribution >= 0.6 is 0 Å². The molecule has 0 bridgehead atoms. The molecule has 5 aromatic rings. The third-order valence-corrected chi connectivity index (χ3v) is 8.08. The standard InChI is InChI=1S/C36H35N3O/c1-25-3-8-28(9-4-25)29-17-19-39(20-18-29)24-27-7-12-32-22-34(15-13-31(32)21-27)38-36(40)33-14-16-35(37-23-33)30-10-5-26(2)6-11-30/h3-16,21-23,29H,17-20,24H2,1-2H3,(H,38,40). The molecule has 0 radical (unpaired) electrons. The summed E-state index contributed by atoms with van der Waals surface area (Å²) in [6, 6.07) is 33.8. The Morgan fingerprint density at radius 3 is 2.17 bits per heavy atom. The zero-order valence-electron chi connectivity index (χ0n) is 23.2. The summed E-state index contributed by atoms with van der Waals surface area (Å²) < 4.78 is 0. The van der Waals surface area contributed by atoms with E-state index < -0.39 is 0 Å². The number of anilines is 1. The van der Waals surface area contributed by atoms with E-state index in [-0.39, 0.29) is 5.91 Å². The summed E-state index contributed by atoms with van der Waals surface area (Å²) in [4.78, 5) is 20.0. The van der Waals surface area contributed by atoms with Gasteiger partial charge in [0.1, 0.15) is 0 Å². The number of carbonyl (C=O) groups excluding carboxylic acids is 1. The van der Waals surface area contributed by atoms with Gasteiger partial charge in [-0.25, -0.2) is 0 Å². The van der Waals surface area contributed by atoms with E-state index in [0.29, 0.717) is 11.5 Å². The molecule has 1 aromatic heterocycles. The molecule has 4 heteroatoms. The van der Waals surface area contributed by atoms with Gasteiger partial charge < -0.3 is 5.32 Å². The van der Waals surface area contributed by atoms with E-state index in [2.05, 4.69) is 89.7 Å². The van der Waals surface area contributed by atoms with Crippen LogP contribution in [0, 0.1) is 13.8 Å². The van der Waals surface area contributed by atoms with Crippen LogP contribution < -0.4 is 5.32 Å². The Morgan fingerprint density at radius 2 is 1.48 bits per heavy atom. The molecule has 40 heavy (non-hydrogen) atoms. The monoisotopic (exact) mass is 525 g/mol. The second kappa shape index (κ2) is 11.4. The van der Waals surface area contributed by atoms with Crippen LogP contribution in [0.15, 0.2) is 103 Å². The molecular formula is C36H35N3O. The van der Waals surface area contributed by atoms with Crippen LogP contribution in [0.25, 0.3) is 22.0 Å². The number of likely N-dealkylation sites (tertiary alicyclic amines) is 1. The minimum absolute atomic E-state index is 0.159. The Balaban J connectivity index is 1.06. The fraction of sp³-hybridized carbons (Fsp3) is 0.222. The second-order valence-corrected chi connectivity index (χ2v) is 11.1. The third kappa shape index (κ3) is 5.98. The molecular weight excluding hydrogens is 490 g/mol. The molecule has 6 rings (SSSR count). The van der Waals surface area contributed by atoms with E-state index in [0.717, 1.165) is 42.0 Å². The van der Waals surface area contributed by atoms with Gasteiger partial charge in [0, 0.05) is 24.0 Å². The highest BCUT2D eigenvalue weighted by atomic mass is 16.1. The molecule has 0 spiro atoms. The van der Waals surface area contributed by atoms with Gasteiger partial charge in [0.2, 0.25) is 0 Å². The number of pyridine rings is 1. The fourth-order valence-electron chi connectivity index (χ4n) is 5.62. The largest absolute Gasteiger partial charge is 0.322 e. The minimum Gasteiger partial charge on any atom is -0.322 e. The molecule has 200 valence electrons.